The predicted molar refractivity (Wildman–Crippen MR) is 84.3 cm³/mol. The van der Waals surface area contributed by atoms with Gasteiger partial charge in [0.15, 0.2) is 0 Å². The van der Waals surface area contributed by atoms with Gasteiger partial charge in [0.2, 0.25) is 5.91 Å². The Morgan fingerprint density at radius 1 is 1.33 bits per heavy atom. The maximum Gasteiger partial charge on any atom is 0.240 e. The smallest absolute Gasteiger partial charge is 0.240 e. The van der Waals surface area contributed by atoms with E-state index in [1.165, 1.54) is 5.56 Å². The molecule has 0 saturated carbocycles. The first-order valence-corrected chi connectivity index (χ1v) is 7.60. The van der Waals surface area contributed by atoms with E-state index in [1.807, 2.05) is 6.92 Å². The quantitative estimate of drug-likeness (QED) is 0.897. The average molecular weight is 290 g/mol. The van der Waals surface area contributed by atoms with E-state index in [-0.39, 0.29) is 23.4 Å². The van der Waals surface area contributed by atoms with E-state index in [1.54, 1.807) is 0 Å². The van der Waals surface area contributed by atoms with Crippen molar-refractivity contribution in [2.75, 3.05) is 19.8 Å². The molecule has 0 spiro atoms. The lowest BCUT2D eigenvalue weighted by Crippen LogP contribution is -2.51. The Morgan fingerprint density at radius 3 is 2.52 bits per heavy atom. The van der Waals surface area contributed by atoms with Gasteiger partial charge in [-0.25, -0.2) is 0 Å². The van der Waals surface area contributed by atoms with Gasteiger partial charge < -0.3 is 15.4 Å². The molecular formula is C17H26N2O2. The number of rotatable bonds is 3. The fourth-order valence-electron chi connectivity index (χ4n) is 2.40. The minimum atomic E-state index is -0.241. The number of nitrogens with one attached hydrogen (secondary N) is 2. The molecule has 21 heavy (non-hydrogen) atoms. The highest BCUT2D eigenvalue weighted by atomic mass is 16.5. The normalized spacial score (nSPS) is 20.9. The fraction of sp³-hybridized carbons (Fsp3) is 0.588. The zero-order chi connectivity index (χ0) is 15.5. The molecule has 1 aliphatic heterocycles. The molecule has 4 heteroatoms. The molecule has 116 valence electrons. The standard InChI is InChI=1S/C17H26N2O2/c1-12(19-16(20)15-11-21-10-9-18-15)13-5-7-14(8-6-13)17(2,3)4/h5-8,12,15,18H,9-11H2,1-4H3,(H,19,20)/t12-,15+/m1/s1. The third-order valence-corrected chi connectivity index (χ3v) is 3.87. The van der Waals surface area contributed by atoms with Crippen LogP contribution in [0.15, 0.2) is 24.3 Å². The first-order valence-electron chi connectivity index (χ1n) is 7.60. The molecule has 2 rings (SSSR count). The third-order valence-electron chi connectivity index (χ3n) is 3.87. The minimum Gasteiger partial charge on any atom is -0.378 e. The van der Waals surface area contributed by atoms with Gasteiger partial charge in [0.25, 0.3) is 0 Å². The van der Waals surface area contributed by atoms with Gasteiger partial charge in [-0.2, -0.15) is 0 Å². The first-order chi connectivity index (χ1) is 9.88. The summed E-state index contributed by atoms with van der Waals surface area (Å²) in [5, 5.41) is 6.21. The number of amides is 1. The second-order valence-corrected chi connectivity index (χ2v) is 6.68. The van der Waals surface area contributed by atoms with Gasteiger partial charge in [-0.15, -0.1) is 0 Å². The molecule has 0 unspecified atom stereocenters. The van der Waals surface area contributed by atoms with Crippen molar-refractivity contribution >= 4 is 5.91 Å². The van der Waals surface area contributed by atoms with Crippen molar-refractivity contribution in [3.63, 3.8) is 0 Å². The van der Waals surface area contributed by atoms with Gasteiger partial charge in [-0.3, -0.25) is 4.79 Å². The van der Waals surface area contributed by atoms with Crippen molar-refractivity contribution in [3.8, 4) is 0 Å². The lowest BCUT2D eigenvalue weighted by molar-refractivity contribution is -0.126. The molecule has 0 bridgehead atoms. The number of carbonyl (C=O) groups is 1. The molecule has 1 aromatic carbocycles. The maximum absolute atomic E-state index is 12.2. The zero-order valence-electron chi connectivity index (χ0n) is 13.4. The predicted octanol–water partition coefficient (Wildman–Crippen LogP) is 2.15. The van der Waals surface area contributed by atoms with Crippen molar-refractivity contribution < 1.29 is 9.53 Å². The first kappa shape index (κ1) is 16.0. The molecule has 0 aromatic heterocycles. The van der Waals surface area contributed by atoms with Crippen molar-refractivity contribution in [1.82, 2.24) is 10.6 Å². The number of ether oxygens (including phenoxy) is 1. The summed E-state index contributed by atoms with van der Waals surface area (Å²) in [6, 6.07) is 8.22. The lowest BCUT2D eigenvalue weighted by Gasteiger charge is -2.25. The number of benzene rings is 1. The monoisotopic (exact) mass is 290 g/mol. The number of morpholine rings is 1. The molecule has 2 N–H and O–H groups in total. The summed E-state index contributed by atoms with van der Waals surface area (Å²) in [4.78, 5) is 12.2. The summed E-state index contributed by atoms with van der Waals surface area (Å²) in [6.07, 6.45) is 0. The van der Waals surface area contributed by atoms with E-state index >= 15 is 0 Å². The number of hydrogen-bond acceptors (Lipinski definition) is 3. The van der Waals surface area contributed by atoms with Crippen molar-refractivity contribution in [2.45, 2.75) is 45.2 Å². The Kier molecular flexibility index (Phi) is 5.01. The van der Waals surface area contributed by atoms with Crippen LogP contribution in [0.25, 0.3) is 0 Å². The molecule has 1 heterocycles. The Hall–Kier alpha value is -1.39. The van der Waals surface area contributed by atoms with Gasteiger partial charge in [0.1, 0.15) is 6.04 Å². The van der Waals surface area contributed by atoms with Gasteiger partial charge in [0.05, 0.1) is 19.3 Å². The van der Waals surface area contributed by atoms with Crippen LogP contribution in [0.1, 0.15) is 44.9 Å². The highest BCUT2D eigenvalue weighted by molar-refractivity contribution is 5.82. The maximum atomic E-state index is 12.2. The van der Waals surface area contributed by atoms with Crippen LogP contribution in [-0.4, -0.2) is 31.7 Å². The van der Waals surface area contributed by atoms with Gasteiger partial charge >= 0.3 is 0 Å². The average Bonchev–Trinajstić information content (AvgIpc) is 2.47. The molecule has 1 aliphatic rings. The van der Waals surface area contributed by atoms with E-state index in [0.717, 1.165) is 12.1 Å². The van der Waals surface area contributed by atoms with Crippen LogP contribution in [-0.2, 0) is 14.9 Å². The van der Waals surface area contributed by atoms with Crippen LogP contribution in [0.4, 0.5) is 0 Å². The molecule has 0 radical (unpaired) electrons. The van der Waals surface area contributed by atoms with Crippen molar-refractivity contribution in [3.05, 3.63) is 35.4 Å². The summed E-state index contributed by atoms with van der Waals surface area (Å²) >= 11 is 0. The van der Waals surface area contributed by atoms with Gasteiger partial charge in [-0.1, -0.05) is 45.0 Å². The molecule has 0 aliphatic carbocycles. The van der Waals surface area contributed by atoms with E-state index in [4.69, 9.17) is 4.74 Å². The van der Waals surface area contributed by atoms with E-state index in [0.29, 0.717) is 13.2 Å². The summed E-state index contributed by atoms with van der Waals surface area (Å²) in [5.74, 6) is 0.00194. The number of hydrogen-bond donors (Lipinski definition) is 2. The van der Waals surface area contributed by atoms with Crippen molar-refractivity contribution in [1.29, 1.82) is 0 Å². The Morgan fingerprint density at radius 2 is 2.00 bits per heavy atom. The summed E-state index contributed by atoms with van der Waals surface area (Å²) in [7, 11) is 0. The molecule has 1 saturated heterocycles. The molecule has 1 fully saturated rings. The fourth-order valence-corrected chi connectivity index (χ4v) is 2.40. The topological polar surface area (TPSA) is 50.4 Å². The van der Waals surface area contributed by atoms with Crippen LogP contribution < -0.4 is 10.6 Å². The Bertz CT molecular complexity index is 471. The SMILES string of the molecule is C[C@@H](NC(=O)[C@@H]1COCCN1)c1ccc(C(C)(C)C)cc1. The van der Waals surface area contributed by atoms with Crippen molar-refractivity contribution in [2.24, 2.45) is 0 Å². The van der Waals surface area contributed by atoms with Crippen LogP contribution in [0.3, 0.4) is 0 Å². The zero-order valence-corrected chi connectivity index (χ0v) is 13.4. The third kappa shape index (κ3) is 4.29. The molecule has 2 atom stereocenters. The minimum absolute atomic E-state index is 0.00194. The largest absolute Gasteiger partial charge is 0.378 e. The van der Waals surface area contributed by atoms with E-state index in [9.17, 15) is 4.79 Å². The second-order valence-electron chi connectivity index (χ2n) is 6.68. The molecule has 4 nitrogen and oxygen atoms in total. The summed E-state index contributed by atoms with van der Waals surface area (Å²) < 4.78 is 5.32. The molecular weight excluding hydrogens is 264 g/mol. The second kappa shape index (κ2) is 6.58. The molecule has 1 amide bonds. The van der Waals surface area contributed by atoms with Crippen LogP contribution in [0.5, 0.6) is 0 Å². The highest BCUT2D eigenvalue weighted by Gasteiger charge is 2.22. The van der Waals surface area contributed by atoms with E-state index in [2.05, 4.69) is 55.7 Å². The van der Waals surface area contributed by atoms with Gasteiger partial charge in [-0.05, 0) is 23.5 Å². The number of carbonyl (C=O) groups excluding carboxylic acids is 1. The lowest BCUT2D eigenvalue weighted by atomic mass is 9.86. The Labute approximate surface area is 127 Å². The molecule has 1 aromatic rings. The van der Waals surface area contributed by atoms with Crippen LogP contribution in [0, 0.1) is 0 Å². The van der Waals surface area contributed by atoms with Gasteiger partial charge in [0, 0.05) is 6.54 Å². The van der Waals surface area contributed by atoms with Crippen LogP contribution >= 0.6 is 0 Å². The summed E-state index contributed by atoms with van der Waals surface area (Å²) in [5.41, 5.74) is 2.56. The van der Waals surface area contributed by atoms with Crippen LogP contribution in [0.2, 0.25) is 0 Å². The van der Waals surface area contributed by atoms with E-state index < -0.39 is 0 Å². The Balaban J connectivity index is 1.96. The summed E-state index contributed by atoms with van der Waals surface area (Å²) in [6.45, 7) is 10.4. The highest BCUT2D eigenvalue weighted by Crippen LogP contribution is 2.23.